The first-order valence-electron chi connectivity index (χ1n) is 21.1. The van der Waals surface area contributed by atoms with Gasteiger partial charge in [-0.25, -0.2) is 0 Å². The third kappa shape index (κ3) is 35.9. The minimum Gasteiger partial charge on any atom is -0.544 e. The molecule has 0 N–H and O–H groups in total. The smallest absolute Gasteiger partial charge is 0.306 e. The number of carboxylic acids is 1. The number of allylic oxidation sites excluding steroid dienone is 14. The molecule has 0 aliphatic rings. The summed E-state index contributed by atoms with van der Waals surface area (Å²) >= 11 is 0. The van der Waals surface area contributed by atoms with Gasteiger partial charge in [0.05, 0.1) is 40.3 Å². The second-order valence-corrected chi connectivity index (χ2v) is 14.8. The first kappa shape index (κ1) is 51.5. The van der Waals surface area contributed by atoms with Crippen LogP contribution in [-0.2, 0) is 28.6 Å². The van der Waals surface area contributed by atoms with Crippen molar-refractivity contribution in [2.45, 2.75) is 154 Å². The summed E-state index contributed by atoms with van der Waals surface area (Å²) in [6.45, 7) is 4.36. The number of hydrogen-bond acceptors (Lipinski definition) is 7. The SMILES string of the molecule is CC/C=C/C/C=C/C/C=C/C/C=C/C/C=C/CCCCCC(=O)OCC(COCCC(C(=O)[O-])[N+](C)(C)C)OC(=O)CCCCCCC/C=C/C/C=C/CC. The molecule has 0 aliphatic carbocycles. The first-order chi connectivity index (χ1) is 26.6. The van der Waals surface area contributed by atoms with E-state index in [0.29, 0.717) is 12.8 Å². The van der Waals surface area contributed by atoms with E-state index in [2.05, 4.69) is 98.9 Å². The van der Waals surface area contributed by atoms with Gasteiger partial charge in [0.25, 0.3) is 0 Å². The van der Waals surface area contributed by atoms with E-state index in [-0.39, 0.29) is 42.7 Å². The number of esters is 2. The standard InChI is InChI=1S/C47H77NO7/c1-6-8-10-12-14-16-18-20-21-22-23-24-25-26-28-29-31-33-35-37-45(49)54-42-43(41-53-40-39-44(47(51)52)48(3,4)5)55-46(50)38-36-34-32-30-27-19-17-15-13-11-9-7-2/h8-11,14-17,20-21,23-24,26,28,43-44H,6-7,12-13,18-19,22,25,27,29-42H2,1-5H3/b10-8+,11-9+,16-14+,17-15+,21-20+,24-23+,28-26+. The van der Waals surface area contributed by atoms with Crippen molar-refractivity contribution in [3.63, 3.8) is 0 Å². The van der Waals surface area contributed by atoms with Gasteiger partial charge in [-0.3, -0.25) is 9.59 Å². The Labute approximate surface area is 335 Å². The average molecular weight is 768 g/mol. The summed E-state index contributed by atoms with van der Waals surface area (Å²) in [6.07, 6.45) is 47.5. The molecule has 2 atom stereocenters. The fourth-order valence-electron chi connectivity index (χ4n) is 5.54. The summed E-state index contributed by atoms with van der Waals surface area (Å²) in [5.41, 5.74) is 0. The third-order valence-electron chi connectivity index (χ3n) is 8.78. The molecule has 0 saturated carbocycles. The van der Waals surface area contributed by atoms with Gasteiger partial charge in [0.15, 0.2) is 6.10 Å². The van der Waals surface area contributed by atoms with Crippen molar-refractivity contribution >= 4 is 17.9 Å². The highest BCUT2D eigenvalue weighted by molar-refractivity contribution is 5.70. The molecular formula is C47H77NO7. The van der Waals surface area contributed by atoms with E-state index in [9.17, 15) is 19.5 Å². The summed E-state index contributed by atoms with van der Waals surface area (Å²) in [6, 6.07) is -0.737. The number of aliphatic carboxylic acids is 1. The molecule has 0 spiro atoms. The molecule has 0 aromatic rings. The lowest BCUT2D eigenvalue weighted by molar-refractivity contribution is -0.889. The molecule has 2 unspecified atom stereocenters. The molecule has 0 amide bonds. The topological polar surface area (TPSA) is 102 Å². The number of quaternary nitrogens is 1. The summed E-state index contributed by atoms with van der Waals surface area (Å²) in [5, 5.41) is 11.6. The molecule has 0 heterocycles. The van der Waals surface area contributed by atoms with Gasteiger partial charge in [0.1, 0.15) is 12.6 Å². The van der Waals surface area contributed by atoms with Crippen molar-refractivity contribution in [2.24, 2.45) is 0 Å². The number of unbranched alkanes of at least 4 members (excludes halogenated alkanes) is 8. The molecular weight excluding hydrogens is 691 g/mol. The number of rotatable bonds is 36. The zero-order valence-corrected chi connectivity index (χ0v) is 35.3. The van der Waals surface area contributed by atoms with Crippen LogP contribution in [0.2, 0.25) is 0 Å². The quantitative estimate of drug-likeness (QED) is 0.0271. The minimum atomic E-state index is -1.14. The van der Waals surface area contributed by atoms with Gasteiger partial charge < -0.3 is 28.6 Å². The van der Waals surface area contributed by atoms with Gasteiger partial charge in [-0.2, -0.15) is 0 Å². The van der Waals surface area contributed by atoms with Gasteiger partial charge in [0.2, 0.25) is 0 Å². The molecule has 0 aromatic carbocycles. The Hall–Kier alpha value is -3.49. The molecule has 0 rings (SSSR count). The molecule has 312 valence electrons. The number of nitrogens with zero attached hydrogens (tertiary/aromatic N) is 1. The van der Waals surface area contributed by atoms with Crippen molar-refractivity contribution in [1.29, 1.82) is 0 Å². The van der Waals surface area contributed by atoms with Crippen LogP contribution < -0.4 is 5.11 Å². The highest BCUT2D eigenvalue weighted by atomic mass is 16.6. The number of hydrogen-bond donors (Lipinski definition) is 0. The lowest BCUT2D eigenvalue weighted by Gasteiger charge is -2.34. The van der Waals surface area contributed by atoms with E-state index in [4.69, 9.17) is 14.2 Å². The van der Waals surface area contributed by atoms with Crippen LogP contribution in [0.25, 0.3) is 0 Å². The van der Waals surface area contributed by atoms with E-state index >= 15 is 0 Å². The van der Waals surface area contributed by atoms with Crippen LogP contribution in [-0.4, -0.2) is 75.5 Å². The molecule has 0 aromatic heterocycles. The predicted octanol–water partition coefficient (Wildman–Crippen LogP) is 10.0. The molecule has 55 heavy (non-hydrogen) atoms. The van der Waals surface area contributed by atoms with Gasteiger partial charge in [-0.1, -0.05) is 125 Å². The van der Waals surface area contributed by atoms with Crippen molar-refractivity contribution in [3.05, 3.63) is 85.1 Å². The maximum atomic E-state index is 12.7. The Bertz CT molecular complexity index is 1170. The van der Waals surface area contributed by atoms with Gasteiger partial charge in [-0.05, 0) is 83.5 Å². The van der Waals surface area contributed by atoms with Crippen molar-refractivity contribution in [1.82, 2.24) is 0 Å². The summed E-state index contributed by atoms with van der Waals surface area (Å²) in [7, 11) is 5.37. The second kappa shape index (κ2) is 37.4. The van der Waals surface area contributed by atoms with Crippen LogP contribution >= 0.6 is 0 Å². The molecule has 0 radical (unpaired) electrons. The Balaban J connectivity index is 4.44. The Morgan fingerprint density at radius 1 is 0.545 bits per heavy atom. The fourth-order valence-corrected chi connectivity index (χ4v) is 5.54. The number of carbonyl (C=O) groups excluding carboxylic acids is 3. The molecule has 0 fully saturated rings. The van der Waals surface area contributed by atoms with E-state index < -0.39 is 18.1 Å². The van der Waals surface area contributed by atoms with Crippen molar-refractivity contribution < 1.29 is 38.2 Å². The molecule has 0 saturated heterocycles. The molecule has 8 nitrogen and oxygen atoms in total. The van der Waals surface area contributed by atoms with Crippen molar-refractivity contribution in [2.75, 3.05) is 41.0 Å². The van der Waals surface area contributed by atoms with Crippen molar-refractivity contribution in [3.8, 4) is 0 Å². The van der Waals surface area contributed by atoms with E-state index in [0.717, 1.165) is 109 Å². The molecule has 0 aliphatic heterocycles. The molecule has 8 heteroatoms. The molecule has 0 bridgehead atoms. The number of carboxylic acid groups (broad SMARTS) is 1. The zero-order valence-electron chi connectivity index (χ0n) is 35.3. The highest BCUT2D eigenvalue weighted by Gasteiger charge is 2.25. The van der Waals surface area contributed by atoms with Crippen LogP contribution in [0.1, 0.15) is 142 Å². The van der Waals surface area contributed by atoms with Gasteiger partial charge in [-0.15, -0.1) is 0 Å². The maximum absolute atomic E-state index is 12.7. The van der Waals surface area contributed by atoms with Crippen LogP contribution in [0, 0.1) is 0 Å². The predicted molar refractivity (Wildman–Crippen MR) is 226 cm³/mol. The Morgan fingerprint density at radius 2 is 0.964 bits per heavy atom. The maximum Gasteiger partial charge on any atom is 0.306 e. The van der Waals surface area contributed by atoms with E-state index in [1.807, 2.05) is 0 Å². The average Bonchev–Trinajstić information content (AvgIpc) is 3.14. The van der Waals surface area contributed by atoms with Gasteiger partial charge >= 0.3 is 11.9 Å². The second-order valence-electron chi connectivity index (χ2n) is 14.8. The van der Waals surface area contributed by atoms with E-state index in [1.165, 1.54) is 0 Å². The monoisotopic (exact) mass is 768 g/mol. The number of likely N-dealkylation sites (N-methyl/N-ethyl adjacent to an activating group) is 1. The number of carbonyl (C=O) groups is 3. The fraction of sp³-hybridized carbons (Fsp3) is 0.638. The number of ether oxygens (including phenoxy) is 3. The van der Waals surface area contributed by atoms with Gasteiger partial charge in [0, 0.05) is 19.3 Å². The minimum absolute atomic E-state index is 0.0188. The van der Waals surface area contributed by atoms with Crippen LogP contribution in [0.15, 0.2) is 85.1 Å². The summed E-state index contributed by atoms with van der Waals surface area (Å²) in [4.78, 5) is 36.8. The Morgan fingerprint density at radius 3 is 1.44 bits per heavy atom. The first-order valence-corrected chi connectivity index (χ1v) is 21.1. The summed E-state index contributed by atoms with van der Waals surface area (Å²) in [5.74, 6) is -1.81. The Kier molecular flexibility index (Phi) is 35.1. The van der Waals surface area contributed by atoms with Crippen LogP contribution in [0.4, 0.5) is 0 Å². The zero-order chi connectivity index (χ0) is 40.7. The van der Waals surface area contributed by atoms with Crippen LogP contribution in [0.5, 0.6) is 0 Å². The third-order valence-corrected chi connectivity index (χ3v) is 8.78. The largest absolute Gasteiger partial charge is 0.544 e. The highest BCUT2D eigenvalue weighted by Crippen LogP contribution is 2.12. The van der Waals surface area contributed by atoms with Crippen LogP contribution in [0.3, 0.4) is 0 Å². The lowest BCUT2D eigenvalue weighted by Crippen LogP contribution is -2.55. The normalized spacial score (nSPS) is 13.8. The summed E-state index contributed by atoms with van der Waals surface area (Å²) < 4.78 is 17.1. The van der Waals surface area contributed by atoms with E-state index in [1.54, 1.807) is 21.1 Å². The lowest BCUT2D eigenvalue weighted by atomic mass is 10.1.